The zero-order valence-corrected chi connectivity index (χ0v) is 14.2. The maximum Gasteiger partial charge on any atom is 0.311 e. The fraction of sp³-hybridized carbons (Fsp3) is 0.500. The summed E-state index contributed by atoms with van der Waals surface area (Å²) in [5.41, 5.74) is 0.684. The third-order valence-corrected chi connectivity index (χ3v) is 3.16. The fourth-order valence-corrected chi connectivity index (χ4v) is 1.98. The van der Waals surface area contributed by atoms with E-state index in [9.17, 15) is 9.59 Å². The van der Waals surface area contributed by atoms with E-state index in [1.165, 1.54) is 6.92 Å². The van der Waals surface area contributed by atoms with Crippen LogP contribution < -0.4 is 10.1 Å². The summed E-state index contributed by atoms with van der Waals surface area (Å²) >= 11 is 0. The Balaban J connectivity index is 0.00000441. The Labute approximate surface area is 138 Å². The first-order chi connectivity index (χ1) is 10.0. The highest BCUT2D eigenvalue weighted by Crippen LogP contribution is 2.16. The number of halogens is 1. The number of ether oxygens (including phenoxy) is 1. The molecule has 0 aromatic heterocycles. The first-order valence-electron chi connectivity index (χ1n) is 7.35. The molecule has 1 aromatic carbocycles. The largest absolute Gasteiger partial charge is 0.427 e. The number of amides is 1. The number of hydrogen-bond acceptors (Lipinski definition) is 4. The molecule has 0 saturated carbocycles. The van der Waals surface area contributed by atoms with E-state index in [0.29, 0.717) is 17.9 Å². The van der Waals surface area contributed by atoms with Gasteiger partial charge in [-0.25, -0.2) is 0 Å². The Morgan fingerprint density at radius 3 is 2.23 bits per heavy atom. The minimum atomic E-state index is -0.227. The highest BCUT2D eigenvalue weighted by molar-refractivity contribution is 5.88. The number of carbonyl (C=O) groups is 2. The average Bonchev–Trinajstić information content (AvgIpc) is 2.45. The van der Waals surface area contributed by atoms with Gasteiger partial charge in [0.2, 0.25) is 5.91 Å². The van der Waals surface area contributed by atoms with E-state index in [1.807, 2.05) is 0 Å². The molecule has 0 aliphatic rings. The fourth-order valence-electron chi connectivity index (χ4n) is 1.98. The van der Waals surface area contributed by atoms with Crippen LogP contribution in [0.2, 0.25) is 0 Å². The Kier molecular flexibility index (Phi) is 10.2. The number of anilines is 1. The molecule has 0 atom stereocenters. The number of carbonyl (C=O) groups excluding carboxylic acids is 2. The van der Waals surface area contributed by atoms with Gasteiger partial charge in [0.1, 0.15) is 5.75 Å². The quantitative estimate of drug-likeness (QED) is 0.588. The SMILES string of the molecule is CCN(CC)CCCC(=O)Oc1ccc(NC(C)=O)cc1.Cl. The standard InChI is InChI=1S/C16H24N2O3.ClH/c1-4-18(5-2)12-6-7-16(20)21-15-10-8-14(9-11-15)17-13(3)19;/h8-11H,4-7,12H2,1-3H3,(H,17,19);1H. The van der Waals surface area contributed by atoms with Crippen LogP contribution in [0.25, 0.3) is 0 Å². The number of nitrogens with one attached hydrogen (secondary N) is 1. The molecule has 6 heteroatoms. The molecule has 124 valence electrons. The zero-order valence-electron chi connectivity index (χ0n) is 13.4. The molecule has 0 aliphatic carbocycles. The van der Waals surface area contributed by atoms with E-state index in [4.69, 9.17) is 4.74 Å². The maximum atomic E-state index is 11.7. The number of hydrogen-bond donors (Lipinski definition) is 1. The van der Waals surface area contributed by atoms with Crippen molar-refractivity contribution < 1.29 is 14.3 Å². The van der Waals surface area contributed by atoms with Crippen LogP contribution in [0.1, 0.15) is 33.6 Å². The monoisotopic (exact) mass is 328 g/mol. The number of esters is 1. The van der Waals surface area contributed by atoms with Gasteiger partial charge in [-0.3, -0.25) is 9.59 Å². The molecule has 0 radical (unpaired) electrons. The molecule has 0 fully saturated rings. The van der Waals surface area contributed by atoms with Gasteiger partial charge in [0.05, 0.1) is 0 Å². The summed E-state index contributed by atoms with van der Waals surface area (Å²) in [6, 6.07) is 6.76. The van der Waals surface area contributed by atoms with E-state index in [2.05, 4.69) is 24.1 Å². The molecule has 0 bridgehead atoms. The van der Waals surface area contributed by atoms with E-state index < -0.39 is 0 Å². The van der Waals surface area contributed by atoms with Crippen LogP contribution in [0.4, 0.5) is 5.69 Å². The van der Waals surface area contributed by atoms with Crippen LogP contribution >= 0.6 is 12.4 Å². The van der Waals surface area contributed by atoms with Crippen molar-refractivity contribution >= 4 is 30.0 Å². The summed E-state index contributed by atoms with van der Waals surface area (Å²) in [7, 11) is 0. The van der Waals surface area contributed by atoms with Crippen molar-refractivity contribution in [3.8, 4) is 5.75 Å². The molecule has 5 nitrogen and oxygen atoms in total. The van der Waals surface area contributed by atoms with Gasteiger partial charge in [0.25, 0.3) is 0 Å². The summed E-state index contributed by atoms with van der Waals surface area (Å²) in [6.07, 6.45) is 1.20. The van der Waals surface area contributed by atoms with Crippen LogP contribution in [0, 0.1) is 0 Å². The third-order valence-electron chi connectivity index (χ3n) is 3.16. The molecule has 1 N–H and O–H groups in total. The van der Waals surface area contributed by atoms with E-state index in [0.717, 1.165) is 26.1 Å². The van der Waals surface area contributed by atoms with Gasteiger partial charge in [0, 0.05) is 19.0 Å². The molecular formula is C16H25ClN2O3. The Hall–Kier alpha value is -1.59. The van der Waals surface area contributed by atoms with Crippen molar-refractivity contribution in [3.05, 3.63) is 24.3 Å². The molecule has 0 unspecified atom stereocenters. The van der Waals surface area contributed by atoms with Gasteiger partial charge in [0.15, 0.2) is 0 Å². The zero-order chi connectivity index (χ0) is 15.7. The van der Waals surface area contributed by atoms with Crippen molar-refractivity contribution in [1.82, 2.24) is 4.90 Å². The molecule has 0 saturated heterocycles. The topological polar surface area (TPSA) is 58.6 Å². The maximum absolute atomic E-state index is 11.7. The van der Waals surface area contributed by atoms with Crippen LogP contribution in [0.15, 0.2) is 24.3 Å². The summed E-state index contributed by atoms with van der Waals surface area (Å²) in [5, 5.41) is 2.66. The van der Waals surface area contributed by atoms with Gasteiger partial charge >= 0.3 is 5.97 Å². The highest BCUT2D eigenvalue weighted by Gasteiger charge is 2.06. The number of benzene rings is 1. The summed E-state index contributed by atoms with van der Waals surface area (Å²) in [5.74, 6) is 0.141. The second-order valence-corrected chi connectivity index (χ2v) is 4.81. The molecular weight excluding hydrogens is 304 g/mol. The van der Waals surface area contributed by atoms with Crippen LogP contribution in [-0.4, -0.2) is 36.4 Å². The van der Waals surface area contributed by atoms with E-state index >= 15 is 0 Å². The molecule has 0 aliphatic heterocycles. The second kappa shape index (κ2) is 11.0. The van der Waals surface area contributed by atoms with Crippen LogP contribution in [0.3, 0.4) is 0 Å². The van der Waals surface area contributed by atoms with E-state index in [1.54, 1.807) is 24.3 Å². The normalized spacial score (nSPS) is 10.0. The van der Waals surface area contributed by atoms with E-state index in [-0.39, 0.29) is 24.3 Å². The molecule has 0 spiro atoms. The smallest absolute Gasteiger partial charge is 0.311 e. The van der Waals surface area contributed by atoms with Gasteiger partial charge in [-0.2, -0.15) is 0 Å². The number of rotatable bonds is 8. The summed E-state index contributed by atoms with van der Waals surface area (Å²) < 4.78 is 5.25. The van der Waals surface area contributed by atoms with Crippen molar-refractivity contribution in [1.29, 1.82) is 0 Å². The van der Waals surface area contributed by atoms with Gasteiger partial charge in [-0.15, -0.1) is 12.4 Å². The molecule has 1 amide bonds. The minimum Gasteiger partial charge on any atom is -0.427 e. The molecule has 1 rings (SSSR count). The predicted molar refractivity (Wildman–Crippen MR) is 90.7 cm³/mol. The average molecular weight is 329 g/mol. The lowest BCUT2D eigenvalue weighted by Crippen LogP contribution is -2.24. The Morgan fingerprint density at radius 2 is 1.73 bits per heavy atom. The molecule has 1 aromatic rings. The first-order valence-corrected chi connectivity index (χ1v) is 7.35. The van der Waals surface area contributed by atoms with Crippen molar-refractivity contribution in [2.75, 3.05) is 25.0 Å². The third kappa shape index (κ3) is 8.00. The van der Waals surface area contributed by atoms with Gasteiger partial charge in [-0.05, 0) is 50.3 Å². The minimum absolute atomic E-state index is 0. The van der Waals surface area contributed by atoms with Crippen molar-refractivity contribution in [2.24, 2.45) is 0 Å². The lowest BCUT2D eigenvalue weighted by Gasteiger charge is -2.17. The van der Waals surface area contributed by atoms with Crippen LogP contribution in [-0.2, 0) is 9.59 Å². The lowest BCUT2D eigenvalue weighted by molar-refractivity contribution is -0.134. The number of nitrogens with zero attached hydrogens (tertiary/aromatic N) is 1. The first kappa shape index (κ1) is 20.4. The predicted octanol–water partition coefficient (Wildman–Crippen LogP) is 3.09. The van der Waals surface area contributed by atoms with Gasteiger partial charge < -0.3 is 15.0 Å². The Bertz CT molecular complexity index is 459. The molecule has 0 heterocycles. The second-order valence-electron chi connectivity index (χ2n) is 4.81. The van der Waals surface area contributed by atoms with Crippen molar-refractivity contribution in [2.45, 2.75) is 33.6 Å². The summed E-state index contributed by atoms with van der Waals surface area (Å²) in [6.45, 7) is 8.57. The molecule has 22 heavy (non-hydrogen) atoms. The van der Waals surface area contributed by atoms with Crippen LogP contribution in [0.5, 0.6) is 5.75 Å². The Morgan fingerprint density at radius 1 is 1.14 bits per heavy atom. The lowest BCUT2D eigenvalue weighted by atomic mass is 10.2. The summed E-state index contributed by atoms with van der Waals surface area (Å²) in [4.78, 5) is 24.9. The highest BCUT2D eigenvalue weighted by atomic mass is 35.5. The van der Waals surface area contributed by atoms with Crippen molar-refractivity contribution in [3.63, 3.8) is 0 Å². The van der Waals surface area contributed by atoms with Gasteiger partial charge in [-0.1, -0.05) is 13.8 Å².